The minimum Gasteiger partial charge on any atom is -0.455 e. The fraction of sp³-hybridized carbons (Fsp3) is 0.0571. The molecule has 0 saturated carbocycles. The molecule has 0 radical (unpaired) electrons. The van der Waals surface area contributed by atoms with Gasteiger partial charge in [-0.25, -0.2) is 0 Å². The standard InChI is InChI=1S/C70H53B4NO/c1-69(2)58-25-11-9-19-53(58)54-40-39-50(41-60(54)69)75(48-35-29-43(30-36-48)42-15-5-3-6-16-42)49-37-31-45(32-38-49)52-22-14-24-56-55-23-13-21-51(67(55)76-68(52)56)44-27-33-47(34-28-44)70(46-17-7-4-8-18-46)59-26-12-10-20-57(59)61-62(70)64(72)66(74)65(73)63(61)71/h3-41H,71-74H2,1-2H3. The molecule has 6 heteroatoms. The van der Waals surface area contributed by atoms with E-state index < -0.39 is 5.41 Å². The minimum absolute atomic E-state index is 0.124. The zero-order chi connectivity index (χ0) is 51.5. The Bertz CT molecular complexity index is 4280. The first kappa shape index (κ1) is 45.9. The number of nitrogens with zero attached hydrogens (tertiary/aromatic N) is 1. The highest BCUT2D eigenvalue weighted by Crippen LogP contribution is 2.55. The monoisotopic (exact) mass is 967 g/mol. The third kappa shape index (κ3) is 6.72. The molecule has 11 aromatic carbocycles. The smallest absolute Gasteiger partial charge is 0.143 e. The fourth-order valence-corrected chi connectivity index (χ4v) is 13.4. The quantitative estimate of drug-likeness (QED) is 0.141. The van der Waals surface area contributed by atoms with Crippen LogP contribution in [0.2, 0.25) is 0 Å². The van der Waals surface area contributed by atoms with Gasteiger partial charge in [0.25, 0.3) is 0 Å². The van der Waals surface area contributed by atoms with Gasteiger partial charge in [-0.1, -0.05) is 225 Å². The van der Waals surface area contributed by atoms with Gasteiger partial charge in [0.2, 0.25) is 0 Å². The third-order valence-electron chi connectivity index (χ3n) is 17.5. The molecule has 1 atom stereocenters. The van der Waals surface area contributed by atoms with Crippen molar-refractivity contribution in [2.45, 2.75) is 24.7 Å². The van der Waals surface area contributed by atoms with E-state index in [9.17, 15) is 0 Å². The van der Waals surface area contributed by atoms with Crippen molar-refractivity contribution in [3.8, 4) is 55.6 Å². The Morgan fingerprint density at radius 2 is 0.803 bits per heavy atom. The van der Waals surface area contributed by atoms with Crippen LogP contribution in [0, 0.1) is 0 Å². The summed E-state index contributed by atoms with van der Waals surface area (Å²) < 4.78 is 7.13. The van der Waals surface area contributed by atoms with Gasteiger partial charge in [-0.2, -0.15) is 0 Å². The SMILES string of the molecule is Bc1c(B)c(B)c2c(c1B)-c1ccccc1C2(c1ccccc1)c1ccc(-c2cccc3c2oc2c(-c4ccc(N(c5ccc(-c6ccccc6)cc5)c5ccc6c(c5)C(C)(C)c5ccccc5-6)cc4)cccc23)cc1. The second kappa shape index (κ2) is 17.4. The minimum atomic E-state index is -0.483. The lowest BCUT2D eigenvalue weighted by Gasteiger charge is -2.36. The summed E-state index contributed by atoms with van der Waals surface area (Å²) in [4.78, 5) is 2.40. The van der Waals surface area contributed by atoms with Gasteiger partial charge in [0, 0.05) is 44.4 Å². The van der Waals surface area contributed by atoms with E-state index in [4.69, 9.17) is 4.42 Å². The molecule has 0 N–H and O–H groups in total. The van der Waals surface area contributed by atoms with Gasteiger partial charge in [-0.05, 0) is 114 Å². The van der Waals surface area contributed by atoms with Crippen molar-refractivity contribution in [2.24, 2.45) is 0 Å². The van der Waals surface area contributed by atoms with Gasteiger partial charge in [0.1, 0.15) is 42.6 Å². The molecule has 2 nitrogen and oxygen atoms in total. The largest absolute Gasteiger partial charge is 0.455 e. The molecule has 356 valence electrons. The van der Waals surface area contributed by atoms with Crippen molar-refractivity contribution < 1.29 is 4.42 Å². The molecule has 0 saturated heterocycles. The first-order chi connectivity index (χ1) is 37.1. The summed E-state index contributed by atoms with van der Waals surface area (Å²) in [7, 11) is 9.23. The lowest BCUT2D eigenvalue weighted by molar-refractivity contribution is 0.660. The zero-order valence-electron chi connectivity index (χ0n) is 43.9. The van der Waals surface area contributed by atoms with Crippen molar-refractivity contribution in [2.75, 3.05) is 4.90 Å². The Hall–Kier alpha value is -8.72. The van der Waals surface area contributed by atoms with Crippen LogP contribution in [0.25, 0.3) is 77.6 Å². The van der Waals surface area contributed by atoms with Crippen LogP contribution >= 0.6 is 0 Å². The molecular formula is C70H53B4NO. The first-order valence-electron chi connectivity index (χ1n) is 26.7. The van der Waals surface area contributed by atoms with Gasteiger partial charge in [0.05, 0.1) is 5.41 Å². The molecule has 0 bridgehead atoms. The van der Waals surface area contributed by atoms with Crippen LogP contribution in [0.1, 0.15) is 47.2 Å². The van der Waals surface area contributed by atoms with Crippen LogP contribution in [0.4, 0.5) is 17.1 Å². The number of hydrogen-bond acceptors (Lipinski definition) is 2. The summed E-state index contributed by atoms with van der Waals surface area (Å²) in [5, 5.41) is 2.22. The number of benzene rings is 11. The van der Waals surface area contributed by atoms with E-state index in [-0.39, 0.29) is 5.41 Å². The Balaban J connectivity index is 0.854. The normalized spacial score (nSPS) is 14.8. The zero-order valence-corrected chi connectivity index (χ0v) is 43.9. The Morgan fingerprint density at radius 1 is 0.342 bits per heavy atom. The van der Waals surface area contributed by atoms with E-state index in [0.717, 1.165) is 61.3 Å². The van der Waals surface area contributed by atoms with Gasteiger partial charge in [-0.3, -0.25) is 0 Å². The molecule has 0 fully saturated rings. The Kier molecular flexibility index (Phi) is 10.5. The maximum Gasteiger partial charge on any atom is 0.143 e. The maximum absolute atomic E-state index is 7.13. The van der Waals surface area contributed by atoms with E-state index in [1.54, 1.807) is 0 Å². The van der Waals surface area contributed by atoms with Crippen LogP contribution in [0.3, 0.4) is 0 Å². The number of anilines is 3. The van der Waals surface area contributed by atoms with Crippen molar-refractivity contribution in [3.63, 3.8) is 0 Å². The molecule has 0 spiro atoms. The molecule has 0 aliphatic heterocycles. The summed E-state index contributed by atoms with van der Waals surface area (Å²) in [6, 6.07) is 87.3. The topological polar surface area (TPSA) is 16.4 Å². The average molecular weight is 967 g/mol. The lowest BCUT2D eigenvalue weighted by atomic mass is 9.58. The van der Waals surface area contributed by atoms with Crippen molar-refractivity contribution in [1.82, 2.24) is 0 Å². The second-order valence-corrected chi connectivity index (χ2v) is 21.7. The van der Waals surface area contributed by atoms with Gasteiger partial charge in [0.15, 0.2) is 0 Å². The maximum atomic E-state index is 7.13. The Morgan fingerprint density at radius 3 is 1.43 bits per heavy atom. The third-order valence-corrected chi connectivity index (χ3v) is 17.5. The molecule has 12 aromatic rings. The predicted octanol–water partition coefficient (Wildman–Crippen LogP) is 11.8. The highest BCUT2D eigenvalue weighted by Gasteiger charge is 2.48. The van der Waals surface area contributed by atoms with E-state index in [2.05, 4.69) is 287 Å². The number of hydrogen-bond donors (Lipinski definition) is 0. The number of para-hydroxylation sites is 2. The molecular weight excluding hydrogens is 914 g/mol. The molecule has 76 heavy (non-hydrogen) atoms. The van der Waals surface area contributed by atoms with Crippen molar-refractivity contribution in [1.29, 1.82) is 0 Å². The molecule has 1 aromatic heterocycles. The summed E-state index contributed by atoms with van der Waals surface area (Å²) in [5.41, 5.74) is 30.1. The second-order valence-electron chi connectivity index (χ2n) is 21.7. The molecule has 2 aliphatic rings. The Labute approximate surface area is 449 Å². The molecule has 0 amide bonds. The van der Waals surface area contributed by atoms with Crippen LogP contribution < -0.4 is 26.8 Å². The summed E-state index contributed by atoms with van der Waals surface area (Å²) >= 11 is 0. The summed E-state index contributed by atoms with van der Waals surface area (Å²) in [6.45, 7) is 4.71. The molecule has 1 unspecified atom stereocenters. The number of rotatable bonds is 8. The predicted molar refractivity (Wildman–Crippen MR) is 332 cm³/mol. The highest BCUT2D eigenvalue weighted by atomic mass is 16.3. The van der Waals surface area contributed by atoms with Gasteiger partial charge in [-0.15, -0.1) is 10.9 Å². The van der Waals surface area contributed by atoms with Crippen molar-refractivity contribution >= 4 is 92.2 Å². The first-order valence-corrected chi connectivity index (χ1v) is 26.7. The number of fused-ring (bicyclic) bond motifs is 9. The van der Waals surface area contributed by atoms with Crippen LogP contribution in [0.15, 0.2) is 241 Å². The molecule has 1 heterocycles. The summed E-state index contributed by atoms with van der Waals surface area (Å²) in [5.74, 6) is 0. The van der Waals surface area contributed by atoms with E-state index in [1.165, 1.54) is 88.6 Å². The van der Waals surface area contributed by atoms with Crippen molar-refractivity contribution in [3.05, 3.63) is 270 Å². The fourth-order valence-electron chi connectivity index (χ4n) is 13.4. The molecule has 2 aliphatic carbocycles. The van der Waals surface area contributed by atoms with Crippen LogP contribution in [-0.4, -0.2) is 31.4 Å². The molecule has 14 rings (SSSR count). The van der Waals surface area contributed by atoms with E-state index >= 15 is 0 Å². The van der Waals surface area contributed by atoms with Crippen LogP contribution in [-0.2, 0) is 10.8 Å². The lowest BCUT2D eigenvalue weighted by Crippen LogP contribution is -2.51. The van der Waals surface area contributed by atoms with Gasteiger partial charge < -0.3 is 9.32 Å². The van der Waals surface area contributed by atoms with Crippen LogP contribution in [0.5, 0.6) is 0 Å². The van der Waals surface area contributed by atoms with Gasteiger partial charge >= 0.3 is 0 Å². The van der Waals surface area contributed by atoms with E-state index in [1.807, 2.05) is 0 Å². The van der Waals surface area contributed by atoms with E-state index in [0.29, 0.717) is 0 Å². The highest BCUT2D eigenvalue weighted by molar-refractivity contribution is 6.64. The average Bonchev–Trinajstić information content (AvgIpc) is 4.23. The number of furan rings is 1. The summed E-state index contributed by atoms with van der Waals surface area (Å²) in [6.07, 6.45) is 0.